The van der Waals surface area contributed by atoms with Gasteiger partial charge >= 0.3 is 5.97 Å². The second-order valence-corrected chi connectivity index (χ2v) is 5.69. The maximum absolute atomic E-state index is 12.3. The van der Waals surface area contributed by atoms with Crippen molar-refractivity contribution >= 4 is 27.8 Å². The molecule has 2 rings (SSSR count). The van der Waals surface area contributed by atoms with Gasteiger partial charge in [-0.05, 0) is 28.8 Å². The highest BCUT2D eigenvalue weighted by Gasteiger charge is 2.50. The molecule has 7 nitrogen and oxygen atoms in total. The number of carbonyl (C=O) groups excluding carboxylic acids is 1. The minimum atomic E-state index is -1.25. The number of aromatic nitrogens is 2. The lowest BCUT2D eigenvalue weighted by molar-refractivity contribution is -0.160. The smallest absolute Gasteiger partial charge is 0.332 e. The summed E-state index contributed by atoms with van der Waals surface area (Å²) >= 11 is 3.25. The van der Waals surface area contributed by atoms with E-state index in [2.05, 4.69) is 21.0 Å². The van der Waals surface area contributed by atoms with Gasteiger partial charge in [0.15, 0.2) is 5.54 Å². The van der Waals surface area contributed by atoms with Crippen LogP contribution in [-0.2, 0) is 20.9 Å². The first-order chi connectivity index (χ1) is 9.49. The highest BCUT2D eigenvalue weighted by Crippen LogP contribution is 2.30. The summed E-state index contributed by atoms with van der Waals surface area (Å²) in [5.41, 5.74) is -1.25. The Balaban J connectivity index is 2.16. The molecule has 0 spiro atoms. The first kappa shape index (κ1) is 15.0. The molecule has 1 aromatic heterocycles. The van der Waals surface area contributed by atoms with Gasteiger partial charge < -0.3 is 14.7 Å². The zero-order valence-corrected chi connectivity index (χ0v) is 12.7. The third-order valence-electron chi connectivity index (χ3n) is 3.47. The van der Waals surface area contributed by atoms with Crippen molar-refractivity contribution in [1.82, 2.24) is 14.7 Å². The van der Waals surface area contributed by atoms with Crippen LogP contribution in [0.3, 0.4) is 0 Å². The van der Waals surface area contributed by atoms with E-state index in [0.717, 1.165) is 4.47 Å². The van der Waals surface area contributed by atoms with Crippen LogP contribution in [0.15, 0.2) is 16.9 Å². The van der Waals surface area contributed by atoms with E-state index in [9.17, 15) is 14.7 Å². The fraction of sp³-hybridized carbons (Fsp3) is 0.583. The van der Waals surface area contributed by atoms with Gasteiger partial charge in [0.05, 0.1) is 17.3 Å². The van der Waals surface area contributed by atoms with Gasteiger partial charge in [0.1, 0.15) is 6.54 Å². The number of carbonyl (C=O) groups is 2. The molecule has 0 radical (unpaired) electrons. The molecule has 8 heteroatoms. The summed E-state index contributed by atoms with van der Waals surface area (Å²) in [6.07, 6.45) is 4.32. The van der Waals surface area contributed by atoms with Crippen LogP contribution < -0.4 is 0 Å². The maximum atomic E-state index is 12.3. The molecule has 1 aliphatic heterocycles. The molecule has 1 fully saturated rings. The van der Waals surface area contributed by atoms with Crippen molar-refractivity contribution in [1.29, 1.82) is 0 Å². The highest BCUT2D eigenvalue weighted by atomic mass is 79.9. The summed E-state index contributed by atoms with van der Waals surface area (Å²) in [7, 11) is 1.44. The molecule has 0 aromatic carbocycles. The van der Waals surface area contributed by atoms with E-state index in [1.165, 1.54) is 16.7 Å². The highest BCUT2D eigenvalue weighted by molar-refractivity contribution is 9.10. The summed E-state index contributed by atoms with van der Waals surface area (Å²) in [5.74, 6) is -1.29. The third-order valence-corrected chi connectivity index (χ3v) is 3.88. The lowest BCUT2D eigenvalue weighted by Gasteiger charge is -2.34. The molecule has 2 heterocycles. The SMILES string of the molecule is COCC1(C(=O)O)CCCN1C(=O)Cn1cc(Br)cn1. The van der Waals surface area contributed by atoms with Gasteiger partial charge in [-0.15, -0.1) is 0 Å². The number of likely N-dealkylation sites (tertiary alicyclic amines) is 1. The second-order valence-electron chi connectivity index (χ2n) is 4.77. The number of rotatable bonds is 5. The van der Waals surface area contributed by atoms with Crippen LogP contribution in [0, 0.1) is 0 Å². The number of nitrogens with zero attached hydrogens (tertiary/aromatic N) is 3. The van der Waals surface area contributed by atoms with Crippen LogP contribution in [0.1, 0.15) is 12.8 Å². The van der Waals surface area contributed by atoms with Crippen LogP contribution in [-0.4, -0.2) is 57.5 Å². The van der Waals surface area contributed by atoms with Crippen LogP contribution >= 0.6 is 15.9 Å². The molecular weight excluding hydrogens is 330 g/mol. The Kier molecular flexibility index (Phi) is 4.44. The number of halogens is 1. The van der Waals surface area contributed by atoms with Crippen molar-refractivity contribution in [3.8, 4) is 0 Å². The van der Waals surface area contributed by atoms with Crippen LogP contribution in [0.5, 0.6) is 0 Å². The van der Waals surface area contributed by atoms with Crippen LogP contribution in [0.4, 0.5) is 0 Å². The third kappa shape index (κ3) is 2.71. The van der Waals surface area contributed by atoms with Crippen molar-refractivity contribution < 1.29 is 19.4 Å². The monoisotopic (exact) mass is 345 g/mol. The van der Waals surface area contributed by atoms with Crippen molar-refractivity contribution in [2.75, 3.05) is 20.3 Å². The van der Waals surface area contributed by atoms with Crippen molar-refractivity contribution in [2.24, 2.45) is 0 Å². The van der Waals surface area contributed by atoms with Crippen molar-refractivity contribution in [2.45, 2.75) is 24.9 Å². The zero-order chi connectivity index (χ0) is 14.8. The summed E-state index contributed by atoms with van der Waals surface area (Å²) < 4.78 is 7.27. The Morgan fingerprint density at radius 1 is 1.60 bits per heavy atom. The molecule has 0 bridgehead atoms. The lowest BCUT2D eigenvalue weighted by atomic mass is 9.97. The fourth-order valence-corrected chi connectivity index (χ4v) is 2.89. The molecule has 1 unspecified atom stereocenters. The van der Waals surface area contributed by atoms with Gasteiger partial charge in [-0.3, -0.25) is 9.48 Å². The summed E-state index contributed by atoms with van der Waals surface area (Å²) in [6, 6.07) is 0. The van der Waals surface area contributed by atoms with E-state index in [0.29, 0.717) is 19.4 Å². The molecule has 1 aliphatic rings. The lowest BCUT2D eigenvalue weighted by Crippen LogP contribution is -2.56. The second kappa shape index (κ2) is 5.92. The minimum Gasteiger partial charge on any atom is -0.479 e. The van der Waals surface area contributed by atoms with Gasteiger partial charge in [-0.2, -0.15) is 5.10 Å². The average molecular weight is 346 g/mol. The largest absolute Gasteiger partial charge is 0.479 e. The molecule has 1 amide bonds. The molecule has 0 saturated carbocycles. The fourth-order valence-electron chi connectivity index (χ4n) is 2.56. The first-order valence-electron chi connectivity index (χ1n) is 6.20. The van der Waals surface area contributed by atoms with E-state index < -0.39 is 11.5 Å². The predicted molar refractivity (Wildman–Crippen MR) is 73.1 cm³/mol. The number of hydrogen-bond donors (Lipinski definition) is 1. The maximum Gasteiger partial charge on any atom is 0.332 e. The topological polar surface area (TPSA) is 84.7 Å². The summed E-state index contributed by atoms with van der Waals surface area (Å²) in [6.45, 7) is 0.443. The molecule has 20 heavy (non-hydrogen) atoms. The number of ether oxygens (including phenoxy) is 1. The molecule has 110 valence electrons. The van der Waals surface area contributed by atoms with Gasteiger partial charge in [0, 0.05) is 19.9 Å². The number of hydrogen-bond acceptors (Lipinski definition) is 4. The van der Waals surface area contributed by atoms with Crippen LogP contribution in [0.25, 0.3) is 0 Å². The number of amides is 1. The average Bonchev–Trinajstić information content (AvgIpc) is 2.97. The molecule has 1 aromatic rings. The van der Waals surface area contributed by atoms with E-state index >= 15 is 0 Å². The quantitative estimate of drug-likeness (QED) is 0.850. The van der Waals surface area contributed by atoms with E-state index in [4.69, 9.17) is 4.74 Å². The molecule has 1 N–H and O–H groups in total. The Bertz CT molecular complexity index is 519. The van der Waals surface area contributed by atoms with Crippen molar-refractivity contribution in [3.63, 3.8) is 0 Å². The van der Waals surface area contributed by atoms with Gasteiger partial charge in [-0.1, -0.05) is 0 Å². The normalized spacial score (nSPS) is 22.2. The number of aliphatic carboxylic acids is 1. The number of carboxylic acids is 1. The van der Waals surface area contributed by atoms with E-state index in [1.807, 2.05) is 0 Å². The molecular formula is C12H16BrN3O4. The molecule has 1 atom stereocenters. The summed E-state index contributed by atoms with van der Waals surface area (Å²) in [4.78, 5) is 25.3. The van der Waals surface area contributed by atoms with Gasteiger partial charge in [-0.25, -0.2) is 4.79 Å². The Morgan fingerprint density at radius 3 is 2.90 bits per heavy atom. The zero-order valence-electron chi connectivity index (χ0n) is 11.1. The van der Waals surface area contributed by atoms with E-state index in [-0.39, 0.29) is 19.1 Å². The van der Waals surface area contributed by atoms with Gasteiger partial charge in [0.25, 0.3) is 0 Å². The van der Waals surface area contributed by atoms with E-state index in [1.54, 1.807) is 12.4 Å². The van der Waals surface area contributed by atoms with Crippen molar-refractivity contribution in [3.05, 3.63) is 16.9 Å². The number of carboxylic acid groups (broad SMARTS) is 1. The predicted octanol–water partition coefficient (Wildman–Crippen LogP) is 0.738. The summed E-state index contributed by atoms with van der Waals surface area (Å²) in [5, 5.41) is 13.5. The Hall–Kier alpha value is -1.41. The Morgan fingerprint density at radius 2 is 2.35 bits per heavy atom. The molecule has 1 saturated heterocycles. The molecule has 0 aliphatic carbocycles. The Labute approximate surface area is 124 Å². The minimum absolute atomic E-state index is 0.00310. The number of methoxy groups -OCH3 is 1. The van der Waals surface area contributed by atoms with Gasteiger partial charge in [0.2, 0.25) is 5.91 Å². The van der Waals surface area contributed by atoms with Crippen LogP contribution in [0.2, 0.25) is 0 Å². The first-order valence-corrected chi connectivity index (χ1v) is 6.99. The standard InChI is InChI=1S/C12H16BrN3O4/c1-20-8-12(11(18)19)3-2-4-16(12)10(17)7-15-6-9(13)5-14-15/h5-6H,2-4,7-8H2,1H3,(H,18,19).